The van der Waals surface area contributed by atoms with Crippen LogP contribution in [0.5, 0.6) is 0 Å². The molecule has 5 heteroatoms. The molecule has 0 unspecified atom stereocenters. The highest BCUT2D eigenvalue weighted by Gasteiger charge is 2.00. The van der Waals surface area contributed by atoms with Crippen LogP contribution in [0.15, 0.2) is 0 Å². The Hall–Kier alpha value is -0.545. The normalized spacial score (nSPS) is 10.0. The van der Waals surface area contributed by atoms with E-state index in [0.29, 0.717) is 0 Å². The molecule has 0 spiro atoms. The van der Waals surface area contributed by atoms with Crippen molar-refractivity contribution in [2.45, 2.75) is 0 Å². The van der Waals surface area contributed by atoms with Gasteiger partial charge in [0.15, 0.2) is 7.98 Å². The molecule has 0 aromatic rings. The number of hydrogen-bond donors (Lipinski definition) is 1. The van der Waals surface area contributed by atoms with Gasteiger partial charge in [-0.05, 0) is 0 Å². The minimum absolute atomic E-state index is 0.131. The Balaban J connectivity index is 3.26. The average Bonchev–Trinajstić information content (AvgIpc) is 1.63. The Kier molecular flexibility index (Phi) is 4.08. The second kappa shape index (κ2) is 4.35. The van der Waals surface area contributed by atoms with Crippen LogP contribution in [0.1, 0.15) is 0 Å². The quantitative estimate of drug-likeness (QED) is 0.393. The van der Waals surface area contributed by atoms with E-state index in [1.54, 1.807) is 0 Å². The van der Waals surface area contributed by atoms with E-state index in [-0.39, 0.29) is 13.3 Å². The van der Waals surface area contributed by atoms with Crippen LogP contribution >= 0.6 is 0 Å². The van der Waals surface area contributed by atoms with E-state index in [1.165, 1.54) is 7.11 Å². The summed E-state index contributed by atoms with van der Waals surface area (Å²) in [6, 6.07) is 0. The van der Waals surface area contributed by atoms with Crippen LogP contribution in [0, 0.1) is 0 Å². The maximum atomic E-state index is 9.91. The predicted octanol–water partition coefficient (Wildman–Crippen LogP) is -0.940. The molecule has 0 fully saturated rings. The second-order valence-corrected chi connectivity index (χ2v) is 1.56. The zero-order chi connectivity index (χ0) is 7.28. The molecule has 0 aromatic carbocycles. The van der Waals surface area contributed by atoms with Gasteiger partial charge in [0.25, 0.3) is 0 Å². The summed E-state index contributed by atoms with van der Waals surface area (Å²) in [6.45, 7) is -0.0693. The van der Waals surface area contributed by atoms with E-state index in [4.69, 9.17) is 13.1 Å². The molecule has 0 bridgehead atoms. The Labute approximate surface area is 54.8 Å². The van der Waals surface area contributed by atoms with Gasteiger partial charge >= 0.3 is 5.97 Å². The zero-order valence-electron chi connectivity index (χ0n) is 5.20. The number of aliphatic carboxylic acids is 1. The van der Waals surface area contributed by atoms with Gasteiger partial charge in [-0.3, -0.25) is 4.79 Å². The molecule has 0 atom stereocenters. The fraction of sp³-hybridized carbons (Fsp3) is 0.750. The van der Waals surface area contributed by atoms with Crippen molar-refractivity contribution in [3.63, 3.8) is 0 Å². The van der Waals surface area contributed by atoms with Gasteiger partial charge in [0.05, 0.1) is 13.3 Å². The molecular weight excluding hydrogens is 121 g/mol. The van der Waals surface area contributed by atoms with Gasteiger partial charge in [0.2, 0.25) is 0 Å². The highest BCUT2D eigenvalue weighted by Crippen LogP contribution is 1.78. The van der Waals surface area contributed by atoms with E-state index in [0.717, 1.165) is 4.81 Å². The first-order valence-electron chi connectivity index (χ1n) is 2.37. The lowest BCUT2D eigenvalue weighted by Gasteiger charge is -2.11. The van der Waals surface area contributed by atoms with E-state index in [2.05, 4.69) is 4.74 Å². The third-order valence-electron chi connectivity index (χ3n) is 0.633. The summed E-state index contributed by atoms with van der Waals surface area (Å²) in [5.74, 6) is -0.963. The van der Waals surface area contributed by atoms with Crippen LogP contribution in [0.3, 0.4) is 0 Å². The molecule has 0 aliphatic heterocycles. The Bertz CT molecular complexity index is 97.8. The standard InChI is InChI=1S/C4H8BNO3/c1-9-3-6(5)2-4(7)8/h2-3H2,1H3,(H,7,8). The highest BCUT2D eigenvalue weighted by molar-refractivity contribution is 6.05. The van der Waals surface area contributed by atoms with Gasteiger partial charge in [-0.2, -0.15) is 0 Å². The van der Waals surface area contributed by atoms with Crippen molar-refractivity contribution in [3.8, 4) is 0 Å². The fourth-order valence-electron chi connectivity index (χ4n) is 0.385. The van der Waals surface area contributed by atoms with Gasteiger partial charge in [-0.25, -0.2) is 0 Å². The van der Waals surface area contributed by atoms with Crippen LogP contribution in [0.25, 0.3) is 0 Å². The van der Waals surface area contributed by atoms with Crippen molar-refractivity contribution in [2.75, 3.05) is 20.4 Å². The monoisotopic (exact) mass is 129 g/mol. The van der Waals surface area contributed by atoms with Gasteiger partial charge in [-0.1, -0.05) is 0 Å². The van der Waals surface area contributed by atoms with Crippen LogP contribution in [0.2, 0.25) is 0 Å². The summed E-state index contributed by atoms with van der Waals surface area (Å²) < 4.78 is 4.54. The first-order valence-corrected chi connectivity index (χ1v) is 2.37. The van der Waals surface area contributed by atoms with Gasteiger partial charge in [-0.15, -0.1) is 0 Å². The molecule has 2 radical (unpaired) electrons. The van der Waals surface area contributed by atoms with Crippen LogP contribution < -0.4 is 0 Å². The lowest BCUT2D eigenvalue weighted by molar-refractivity contribution is -0.137. The van der Waals surface area contributed by atoms with Crippen molar-refractivity contribution in [1.29, 1.82) is 0 Å². The topological polar surface area (TPSA) is 49.8 Å². The molecule has 1 N–H and O–H groups in total. The van der Waals surface area contributed by atoms with E-state index < -0.39 is 5.97 Å². The predicted molar refractivity (Wildman–Crippen MR) is 32.0 cm³/mol. The minimum atomic E-state index is -0.963. The highest BCUT2D eigenvalue weighted by atomic mass is 16.5. The maximum absolute atomic E-state index is 9.91. The summed E-state index contributed by atoms with van der Waals surface area (Å²) >= 11 is 0. The summed E-state index contributed by atoms with van der Waals surface area (Å²) in [5.41, 5.74) is 0. The number of rotatable bonds is 4. The number of ether oxygens (including phenoxy) is 1. The first-order chi connectivity index (χ1) is 4.16. The molecule has 0 saturated carbocycles. The molecular formula is C4H8BNO3. The molecule has 50 valence electrons. The van der Waals surface area contributed by atoms with Crippen LogP contribution in [0.4, 0.5) is 0 Å². The maximum Gasteiger partial charge on any atom is 0.316 e. The second-order valence-electron chi connectivity index (χ2n) is 1.56. The Morgan fingerprint density at radius 1 is 1.89 bits per heavy atom. The smallest absolute Gasteiger partial charge is 0.316 e. The van der Waals surface area contributed by atoms with Crippen molar-refractivity contribution in [1.82, 2.24) is 4.81 Å². The molecule has 0 aliphatic rings. The van der Waals surface area contributed by atoms with E-state index in [9.17, 15) is 4.79 Å². The van der Waals surface area contributed by atoms with E-state index in [1.807, 2.05) is 0 Å². The molecule has 0 saturated heterocycles. The average molecular weight is 129 g/mol. The lowest BCUT2D eigenvalue weighted by atomic mass is 10.3. The van der Waals surface area contributed by atoms with Crippen molar-refractivity contribution in [3.05, 3.63) is 0 Å². The van der Waals surface area contributed by atoms with Crippen molar-refractivity contribution < 1.29 is 14.6 Å². The van der Waals surface area contributed by atoms with Gasteiger partial charge in [0, 0.05) is 7.11 Å². The number of carboxylic acid groups (broad SMARTS) is 1. The van der Waals surface area contributed by atoms with Crippen LogP contribution in [-0.4, -0.2) is 44.3 Å². The molecule has 4 nitrogen and oxygen atoms in total. The van der Waals surface area contributed by atoms with Crippen molar-refractivity contribution >= 4 is 14.0 Å². The Morgan fingerprint density at radius 3 is 2.78 bits per heavy atom. The van der Waals surface area contributed by atoms with Crippen molar-refractivity contribution in [2.24, 2.45) is 0 Å². The summed E-state index contributed by atoms with van der Waals surface area (Å²) in [7, 11) is 6.56. The summed E-state index contributed by atoms with van der Waals surface area (Å²) in [4.78, 5) is 11.0. The summed E-state index contributed by atoms with van der Waals surface area (Å²) in [5, 5.41) is 8.13. The molecule has 0 heterocycles. The lowest BCUT2D eigenvalue weighted by Crippen LogP contribution is -2.28. The largest absolute Gasteiger partial charge is 0.480 e. The van der Waals surface area contributed by atoms with Crippen LogP contribution in [-0.2, 0) is 9.53 Å². The SMILES string of the molecule is [B]N(COC)CC(=O)O. The number of methoxy groups -OCH3 is 1. The van der Waals surface area contributed by atoms with Gasteiger partial charge in [0.1, 0.15) is 0 Å². The zero-order valence-corrected chi connectivity index (χ0v) is 5.20. The molecule has 9 heavy (non-hydrogen) atoms. The summed E-state index contributed by atoms with van der Waals surface area (Å²) in [6.07, 6.45) is 0. The molecule has 0 aromatic heterocycles. The third-order valence-corrected chi connectivity index (χ3v) is 0.633. The molecule has 0 aliphatic carbocycles. The number of carboxylic acids is 1. The third kappa shape index (κ3) is 5.32. The first kappa shape index (κ1) is 8.45. The minimum Gasteiger partial charge on any atom is -0.480 e. The van der Waals surface area contributed by atoms with Gasteiger partial charge < -0.3 is 14.7 Å². The fourth-order valence-corrected chi connectivity index (χ4v) is 0.385. The number of hydrogen-bond acceptors (Lipinski definition) is 3. The molecule has 0 rings (SSSR count). The Morgan fingerprint density at radius 2 is 2.44 bits per heavy atom. The number of nitrogens with zero attached hydrogens (tertiary/aromatic N) is 1. The molecule has 0 amide bonds. The van der Waals surface area contributed by atoms with E-state index >= 15 is 0 Å². The number of carbonyl (C=O) groups is 1.